The number of carbonyl (C=O) groups is 1. The molecule has 0 bridgehead atoms. The minimum Gasteiger partial charge on any atom is -0.387 e. The van der Waals surface area contributed by atoms with E-state index in [0.29, 0.717) is 5.82 Å². The van der Waals surface area contributed by atoms with Crippen LogP contribution in [0.5, 0.6) is 0 Å². The van der Waals surface area contributed by atoms with Gasteiger partial charge in [-0.1, -0.05) is 12.2 Å². The lowest BCUT2D eigenvalue weighted by Crippen LogP contribution is -2.42. The van der Waals surface area contributed by atoms with Crippen LogP contribution in [0.2, 0.25) is 0 Å². The Morgan fingerprint density at radius 1 is 1.62 bits per heavy atom. The minimum absolute atomic E-state index is 0.0944. The summed E-state index contributed by atoms with van der Waals surface area (Å²) in [4.78, 5) is 15.8. The molecule has 0 saturated carbocycles. The Bertz CT molecular complexity index is 405. The monoisotopic (exact) mass is 240 g/mol. The predicted octanol–water partition coefficient (Wildman–Crippen LogP) is 0.432. The predicted molar refractivity (Wildman–Crippen MR) is 66.0 cm³/mol. The Morgan fingerprint density at radius 2 is 2.25 bits per heavy atom. The van der Waals surface area contributed by atoms with Gasteiger partial charge in [0.1, 0.15) is 11.5 Å². The summed E-state index contributed by atoms with van der Waals surface area (Å²) >= 11 is 4.83. The molecule has 16 heavy (non-hydrogen) atoms. The number of aromatic nitrogens is 2. The first-order valence-electron chi connectivity index (χ1n) is 4.91. The van der Waals surface area contributed by atoms with Crippen molar-refractivity contribution in [3.8, 4) is 0 Å². The van der Waals surface area contributed by atoms with Gasteiger partial charge in [-0.2, -0.15) is 0 Å². The molecule has 0 aliphatic heterocycles. The molecule has 0 saturated heterocycles. The van der Waals surface area contributed by atoms with Crippen molar-refractivity contribution in [2.45, 2.75) is 32.9 Å². The molecule has 0 spiro atoms. The van der Waals surface area contributed by atoms with Gasteiger partial charge in [0.25, 0.3) is 0 Å². The molecular formula is C10H16N4OS. The largest absolute Gasteiger partial charge is 0.387 e. The highest BCUT2D eigenvalue weighted by Gasteiger charge is 2.15. The maximum absolute atomic E-state index is 11.7. The average Bonchev–Trinajstić information content (AvgIpc) is 2.47. The van der Waals surface area contributed by atoms with Gasteiger partial charge in [-0.3, -0.25) is 4.79 Å². The Kier molecular flexibility index (Phi) is 3.64. The van der Waals surface area contributed by atoms with Crippen molar-refractivity contribution in [3.63, 3.8) is 0 Å². The fraction of sp³-hybridized carbons (Fsp3) is 0.500. The maximum Gasteiger partial charge on any atom is 0.240 e. The van der Waals surface area contributed by atoms with Crippen LogP contribution in [0.3, 0.4) is 0 Å². The second kappa shape index (κ2) is 4.61. The van der Waals surface area contributed by atoms with Crippen LogP contribution in [0.15, 0.2) is 12.4 Å². The molecule has 6 heteroatoms. The van der Waals surface area contributed by atoms with E-state index in [0.717, 1.165) is 0 Å². The highest BCUT2D eigenvalue weighted by atomic mass is 32.1. The Morgan fingerprint density at radius 3 is 2.75 bits per heavy atom. The van der Waals surface area contributed by atoms with Crippen LogP contribution < -0.4 is 11.1 Å². The Balaban J connectivity index is 2.70. The van der Waals surface area contributed by atoms with Gasteiger partial charge in [-0.05, 0) is 20.8 Å². The smallest absolute Gasteiger partial charge is 0.240 e. The normalized spacial score (nSPS) is 11.2. The van der Waals surface area contributed by atoms with E-state index in [1.807, 2.05) is 20.8 Å². The third-order valence-electron chi connectivity index (χ3n) is 1.76. The average molecular weight is 240 g/mol. The number of amides is 1. The summed E-state index contributed by atoms with van der Waals surface area (Å²) in [7, 11) is 0. The van der Waals surface area contributed by atoms with Crippen LogP contribution in [0.1, 0.15) is 26.6 Å². The zero-order chi connectivity index (χ0) is 12.3. The summed E-state index contributed by atoms with van der Waals surface area (Å²) in [5.41, 5.74) is 5.23. The van der Waals surface area contributed by atoms with E-state index in [-0.39, 0.29) is 23.0 Å². The lowest BCUT2D eigenvalue weighted by molar-refractivity contribution is -0.123. The lowest BCUT2D eigenvalue weighted by atomic mass is 10.1. The van der Waals surface area contributed by atoms with E-state index in [1.54, 1.807) is 17.0 Å². The van der Waals surface area contributed by atoms with E-state index < -0.39 is 0 Å². The Hall–Kier alpha value is -1.43. The molecule has 1 heterocycles. The van der Waals surface area contributed by atoms with Crippen LogP contribution in [-0.4, -0.2) is 26.0 Å². The number of nitrogens with zero attached hydrogens (tertiary/aromatic N) is 2. The molecule has 1 amide bonds. The highest BCUT2D eigenvalue weighted by molar-refractivity contribution is 7.80. The number of carbonyl (C=O) groups excluding carboxylic acids is 1. The second-order valence-electron chi connectivity index (χ2n) is 4.54. The van der Waals surface area contributed by atoms with Crippen LogP contribution in [0.4, 0.5) is 0 Å². The molecule has 0 fully saturated rings. The standard InChI is InChI=1S/C10H16N4OS/c1-10(2,3)13-7(15)6-14-5-4-12-9(14)8(11)16/h4-5H,6H2,1-3H3,(H2,11,16)(H,13,15). The molecule has 1 aromatic heterocycles. The molecule has 0 aliphatic rings. The van der Waals surface area contributed by atoms with Gasteiger partial charge in [0, 0.05) is 17.9 Å². The summed E-state index contributed by atoms with van der Waals surface area (Å²) in [6.45, 7) is 5.94. The summed E-state index contributed by atoms with van der Waals surface area (Å²) < 4.78 is 1.63. The van der Waals surface area contributed by atoms with Crippen molar-refractivity contribution < 1.29 is 4.79 Å². The number of rotatable bonds is 3. The van der Waals surface area contributed by atoms with Crippen molar-refractivity contribution >= 4 is 23.1 Å². The first kappa shape index (κ1) is 12.6. The van der Waals surface area contributed by atoms with Gasteiger partial charge < -0.3 is 15.6 Å². The first-order chi connectivity index (χ1) is 7.29. The third kappa shape index (κ3) is 3.62. The molecule has 0 aromatic carbocycles. The van der Waals surface area contributed by atoms with Gasteiger partial charge in [-0.15, -0.1) is 0 Å². The van der Waals surface area contributed by atoms with Crippen LogP contribution in [-0.2, 0) is 11.3 Å². The quantitative estimate of drug-likeness (QED) is 0.752. The zero-order valence-electron chi connectivity index (χ0n) is 9.65. The fourth-order valence-electron chi connectivity index (χ4n) is 1.27. The number of hydrogen-bond donors (Lipinski definition) is 2. The molecule has 88 valence electrons. The van der Waals surface area contributed by atoms with Gasteiger partial charge >= 0.3 is 0 Å². The van der Waals surface area contributed by atoms with E-state index in [4.69, 9.17) is 18.0 Å². The highest BCUT2D eigenvalue weighted by Crippen LogP contribution is 2.01. The van der Waals surface area contributed by atoms with E-state index >= 15 is 0 Å². The summed E-state index contributed by atoms with van der Waals surface area (Å²) in [5, 5.41) is 2.85. The summed E-state index contributed by atoms with van der Waals surface area (Å²) in [6.07, 6.45) is 3.25. The molecule has 1 rings (SSSR count). The van der Waals surface area contributed by atoms with Crippen molar-refractivity contribution in [1.29, 1.82) is 0 Å². The van der Waals surface area contributed by atoms with Gasteiger partial charge in [-0.25, -0.2) is 4.98 Å². The number of nitrogens with two attached hydrogens (primary N) is 1. The van der Waals surface area contributed by atoms with Crippen LogP contribution >= 0.6 is 12.2 Å². The Labute approximate surface area is 100 Å². The van der Waals surface area contributed by atoms with Crippen molar-refractivity contribution in [1.82, 2.24) is 14.9 Å². The number of nitrogens with one attached hydrogen (secondary N) is 1. The summed E-state index contributed by atoms with van der Waals surface area (Å²) in [6, 6.07) is 0. The molecule has 3 N–H and O–H groups in total. The molecule has 5 nitrogen and oxygen atoms in total. The number of thiocarbonyl (C=S) groups is 1. The molecule has 1 aromatic rings. The van der Waals surface area contributed by atoms with E-state index in [2.05, 4.69) is 10.3 Å². The van der Waals surface area contributed by atoms with Gasteiger partial charge in [0.2, 0.25) is 5.91 Å². The van der Waals surface area contributed by atoms with Crippen LogP contribution in [0, 0.1) is 0 Å². The lowest BCUT2D eigenvalue weighted by Gasteiger charge is -2.20. The first-order valence-corrected chi connectivity index (χ1v) is 5.32. The third-order valence-corrected chi connectivity index (χ3v) is 1.95. The number of imidazole rings is 1. The molecule has 0 radical (unpaired) electrons. The van der Waals surface area contributed by atoms with Gasteiger partial charge in [0.15, 0.2) is 5.82 Å². The molecule has 0 aliphatic carbocycles. The second-order valence-corrected chi connectivity index (χ2v) is 4.98. The summed E-state index contributed by atoms with van der Waals surface area (Å²) in [5.74, 6) is 0.363. The SMILES string of the molecule is CC(C)(C)NC(=O)Cn1ccnc1C(N)=S. The van der Waals surface area contributed by atoms with Crippen molar-refractivity contribution in [2.75, 3.05) is 0 Å². The maximum atomic E-state index is 11.7. The molecular weight excluding hydrogens is 224 g/mol. The van der Waals surface area contributed by atoms with Crippen molar-refractivity contribution in [3.05, 3.63) is 18.2 Å². The molecule has 0 atom stereocenters. The van der Waals surface area contributed by atoms with E-state index in [1.165, 1.54) is 0 Å². The minimum atomic E-state index is -0.249. The fourth-order valence-corrected chi connectivity index (χ4v) is 1.44. The topological polar surface area (TPSA) is 72.9 Å². The number of hydrogen-bond acceptors (Lipinski definition) is 3. The van der Waals surface area contributed by atoms with Gasteiger partial charge in [0.05, 0.1) is 0 Å². The molecule has 0 unspecified atom stereocenters. The zero-order valence-corrected chi connectivity index (χ0v) is 10.5. The van der Waals surface area contributed by atoms with Crippen molar-refractivity contribution in [2.24, 2.45) is 5.73 Å². The van der Waals surface area contributed by atoms with Crippen LogP contribution in [0.25, 0.3) is 0 Å². The van der Waals surface area contributed by atoms with E-state index in [9.17, 15) is 4.79 Å².